The van der Waals surface area contributed by atoms with Crippen molar-refractivity contribution >= 4 is 42.3 Å². The summed E-state index contributed by atoms with van der Waals surface area (Å²) in [6.45, 7) is 0.418. The van der Waals surface area contributed by atoms with Crippen LogP contribution in [0.3, 0.4) is 0 Å². The highest BCUT2D eigenvalue weighted by molar-refractivity contribution is 6.04. The van der Waals surface area contributed by atoms with Crippen LogP contribution in [0.1, 0.15) is 40.0 Å². The van der Waals surface area contributed by atoms with Crippen molar-refractivity contribution in [1.29, 1.82) is 0 Å². The SMILES string of the molecule is Cl.Cl.N[C@@H](CC(=O)N[C@H]1COc2ccccc21)c1ccc(C(=O)Nc2ccncc2)cc1. The number of benzene rings is 2. The molecule has 1 aliphatic rings. The molecule has 0 saturated heterocycles. The summed E-state index contributed by atoms with van der Waals surface area (Å²) in [5, 5.41) is 5.78. The summed E-state index contributed by atoms with van der Waals surface area (Å²) in [5.74, 6) is 0.430. The summed E-state index contributed by atoms with van der Waals surface area (Å²) in [6, 6.07) is 17.4. The molecule has 0 bridgehead atoms. The first-order valence-corrected chi connectivity index (χ1v) is 9.68. The molecule has 3 aromatic rings. The van der Waals surface area contributed by atoms with E-state index < -0.39 is 6.04 Å². The van der Waals surface area contributed by atoms with Gasteiger partial charge in [0.2, 0.25) is 5.91 Å². The van der Waals surface area contributed by atoms with Gasteiger partial charge in [0.05, 0.1) is 6.04 Å². The maximum atomic E-state index is 12.5. The van der Waals surface area contributed by atoms with E-state index in [1.807, 2.05) is 24.3 Å². The minimum atomic E-state index is -0.472. The summed E-state index contributed by atoms with van der Waals surface area (Å²) in [7, 11) is 0. The van der Waals surface area contributed by atoms with Crippen molar-refractivity contribution in [2.24, 2.45) is 5.73 Å². The van der Waals surface area contributed by atoms with E-state index in [2.05, 4.69) is 15.6 Å². The third kappa shape index (κ3) is 5.97. The van der Waals surface area contributed by atoms with Crippen LogP contribution in [0.15, 0.2) is 73.1 Å². The fourth-order valence-corrected chi connectivity index (χ4v) is 3.37. The predicted octanol–water partition coefficient (Wildman–Crippen LogP) is 3.82. The van der Waals surface area contributed by atoms with Crippen LogP contribution in [0.2, 0.25) is 0 Å². The van der Waals surface area contributed by atoms with E-state index in [1.54, 1.807) is 48.8 Å². The zero-order chi connectivity index (χ0) is 20.9. The fraction of sp³-hybridized carbons (Fsp3) is 0.174. The molecule has 1 aromatic heterocycles. The molecule has 0 saturated carbocycles. The molecule has 1 aliphatic heterocycles. The topological polar surface area (TPSA) is 106 Å². The number of aromatic nitrogens is 1. The van der Waals surface area contributed by atoms with E-state index in [1.165, 1.54) is 0 Å². The lowest BCUT2D eigenvalue weighted by atomic mass is 10.0. The number of hydrogen-bond acceptors (Lipinski definition) is 5. The molecule has 2 amide bonds. The Kier molecular flexibility index (Phi) is 9.02. The Hall–Kier alpha value is -3.13. The third-order valence-electron chi connectivity index (χ3n) is 4.98. The normalized spacial score (nSPS) is 14.6. The molecule has 32 heavy (non-hydrogen) atoms. The van der Waals surface area contributed by atoms with Gasteiger partial charge < -0.3 is 21.1 Å². The van der Waals surface area contributed by atoms with E-state index in [0.29, 0.717) is 17.9 Å². The monoisotopic (exact) mass is 474 g/mol. The molecule has 0 radical (unpaired) electrons. The summed E-state index contributed by atoms with van der Waals surface area (Å²) in [4.78, 5) is 28.7. The number of amides is 2. The van der Waals surface area contributed by atoms with Gasteiger partial charge in [-0.3, -0.25) is 14.6 Å². The van der Waals surface area contributed by atoms with Gasteiger partial charge >= 0.3 is 0 Å². The molecule has 0 spiro atoms. The fourth-order valence-electron chi connectivity index (χ4n) is 3.37. The second kappa shape index (κ2) is 11.5. The molecule has 4 N–H and O–H groups in total. The maximum Gasteiger partial charge on any atom is 0.255 e. The zero-order valence-corrected chi connectivity index (χ0v) is 18.7. The smallest absolute Gasteiger partial charge is 0.255 e. The molecule has 0 fully saturated rings. The van der Waals surface area contributed by atoms with Crippen molar-refractivity contribution in [2.45, 2.75) is 18.5 Å². The average molecular weight is 475 g/mol. The van der Waals surface area contributed by atoms with E-state index >= 15 is 0 Å². The number of nitrogens with two attached hydrogens (primary N) is 1. The van der Waals surface area contributed by atoms with Gasteiger partial charge in [0.15, 0.2) is 0 Å². The Morgan fingerprint density at radius 1 is 1.03 bits per heavy atom. The molecule has 168 valence electrons. The number of fused-ring (bicyclic) bond motifs is 1. The molecule has 4 rings (SSSR count). The quantitative estimate of drug-likeness (QED) is 0.503. The van der Waals surface area contributed by atoms with Gasteiger partial charge in [-0.05, 0) is 35.9 Å². The van der Waals surface area contributed by atoms with E-state index in [4.69, 9.17) is 10.5 Å². The minimum Gasteiger partial charge on any atom is -0.491 e. The van der Waals surface area contributed by atoms with Crippen LogP contribution >= 0.6 is 24.8 Å². The first kappa shape index (κ1) is 25.1. The largest absolute Gasteiger partial charge is 0.491 e. The van der Waals surface area contributed by atoms with Gasteiger partial charge in [0.1, 0.15) is 12.4 Å². The van der Waals surface area contributed by atoms with Gasteiger partial charge in [-0.15, -0.1) is 24.8 Å². The summed E-state index contributed by atoms with van der Waals surface area (Å²) in [5.41, 5.74) is 9.15. The lowest BCUT2D eigenvalue weighted by Gasteiger charge is -2.16. The number of pyridine rings is 1. The highest BCUT2D eigenvalue weighted by Crippen LogP contribution is 2.31. The van der Waals surface area contributed by atoms with Gasteiger partial charge in [0, 0.05) is 41.7 Å². The third-order valence-corrected chi connectivity index (χ3v) is 4.98. The van der Waals surface area contributed by atoms with Crippen molar-refractivity contribution in [3.63, 3.8) is 0 Å². The molecule has 2 aromatic carbocycles. The van der Waals surface area contributed by atoms with Crippen LogP contribution < -0.4 is 21.1 Å². The average Bonchev–Trinajstić information content (AvgIpc) is 3.17. The molecule has 0 unspecified atom stereocenters. The molecule has 2 atom stereocenters. The standard InChI is InChI=1S/C23H22N4O3.2ClH/c24-19(13-22(28)27-20-14-30-21-4-2-1-3-18(20)21)15-5-7-16(8-6-15)23(29)26-17-9-11-25-12-10-17;;/h1-12,19-20H,13-14,24H2,(H,27,28)(H,25,26,29);2*1H/t19-,20-;;/m0../s1. The Labute approximate surface area is 198 Å². The number of nitrogens with zero attached hydrogens (tertiary/aromatic N) is 1. The number of rotatable bonds is 6. The molecule has 9 heteroatoms. The molecule has 0 aliphatic carbocycles. The molecule has 2 heterocycles. The van der Waals surface area contributed by atoms with Crippen LogP contribution in [0, 0.1) is 0 Å². The van der Waals surface area contributed by atoms with Crippen molar-refractivity contribution in [2.75, 3.05) is 11.9 Å². The van der Waals surface area contributed by atoms with Crippen LogP contribution in [-0.2, 0) is 4.79 Å². The Bertz CT molecular complexity index is 1050. The first-order chi connectivity index (χ1) is 14.6. The summed E-state index contributed by atoms with van der Waals surface area (Å²) in [6.07, 6.45) is 3.36. The number of carbonyl (C=O) groups is 2. The van der Waals surface area contributed by atoms with E-state index in [-0.39, 0.29) is 49.1 Å². The number of nitrogens with one attached hydrogen (secondary N) is 2. The van der Waals surface area contributed by atoms with E-state index in [9.17, 15) is 9.59 Å². The van der Waals surface area contributed by atoms with Crippen LogP contribution in [-0.4, -0.2) is 23.4 Å². The Morgan fingerprint density at radius 3 is 2.44 bits per heavy atom. The second-order valence-corrected chi connectivity index (χ2v) is 7.09. The van der Waals surface area contributed by atoms with E-state index in [0.717, 1.165) is 16.9 Å². The highest BCUT2D eigenvalue weighted by Gasteiger charge is 2.25. The first-order valence-electron chi connectivity index (χ1n) is 9.68. The maximum absolute atomic E-state index is 12.5. The predicted molar refractivity (Wildman–Crippen MR) is 127 cm³/mol. The number of anilines is 1. The van der Waals surface area contributed by atoms with Gasteiger partial charge in [-0.25, -0.2) is 0 Å². The van der Waals surface area contributed by atoms with Gasteiger partial charge in [-0.1, -0.05) is 30.3 Å². The number of ether oxygens (including phenoxy) is 1. The van der Waals surface area contributed by atoms with Crippen LogP contribution in [0.4, 0.5) is 5.69 Å². The molecule has 7 nitrogen and oxygen atoms in total. The van der Waals surface area contributed by atoms with Crippen molar-refractivity contribution in [3.8, 4) is 5.75 Å². The summed E-state index contributed by atoms with van der Waals surface area (Å²) < 4.78 is 5.59. The number of carbonyl (C=O) groups excluding carboxylic acids is 2. The van der Waals surface area contributed by atoms with Crippen LogP contribution in [0.25, 0.3) is 0 Å². The van der Waals surface area contributed by atoms with Gasteiger partial charge in [0.25, 0.3) is 5.91 Å². The molecular weight excluding hydrogens is 451 g/mol. The van der Waals surface area contributed by atoms with Crippen molar-refractivity contribution in [1.82, 2.24) is 10.3 Å². The number of para-hydroxylation sites is 1. The van der Waals surface area contributed by atoms with Crippen LogP contribution in [0.5, 0.6) is 5.75 Å². The zero-order valence-electron chi connectivity index (χ0n) is 17.1. The lowest BCUT2D eigenvalue weighted by molar-refractivity contribution is -0.122. The second-order valence-electron chi connectivity index (χ2n) is 7.09. The van der Waals surface area contributed by atoms with Crippen molar-refractivity contribution in [3.05, 3.63) is 89.7 Å². The molecular formula is C23H24Cl2N4O3. The Balaban J connectivity index is 0.00000181. The lowest BCUT2D eigenvalue weighted by Crippen LogP contribution is -2.31. The minimum absolute atomic E-state index is 0. The summed E-state index contributed by atoms with van der Waals surface area (Å²) >= 11 is 0. The highest BCUT2D eigenvalue weighted by atomic mass is 35.5. The number of hydrogen-bond donors (Lipinski definition) is 3. The Morgan fingerprint density at radius 2 is 1.72 bits per heavy atom. The van der Waals surface area contributed by atoms with Crippen molar-refractivity contribution < 1.29 is 14.3 Å². The number of halogens is 2. The van der Waals surface area contributed by atoms with Gasteiger partial charge in [-0.2, -0.15) is 0 Å².